The van der Waals surface area contributed by atoms with E-state index in [-0.39, 0.29) is 48.6 Å². The summed E-state index contributed by atoms with van der Waals surface area (Å²) in [5.74, 6) is -0.413. The number of likely N-dealkylation sites (tertiary alicyclic amines) is 1. The molecule has 156 valence electrons. The second-order valence-electron chi connectivity index (χ2n) is 7.38. The zero-order valence-electron chi connectivity index (χ0n) is 16.8. The Morgan fingerprint density at radius 2 is 1.75 bits per heavy atom. The van der Waals surface area contributed by atoms with Gasteiger partial charge in [0.05, 0.1) is 12.6 Å². The number of amides is 3. The second kappa shape index (κ2) is 11.0. The summed E-state index contributed by atoms with van der Waals surface area (Å²) in [5, 5.41) is 2.61. The zero-order valence-corrected chi connectivity index (χ0v) is 17.6. The van der Waals surface area contributed by atoms with Crippen molar-refractivity contribution in [2.45, 2.75) is 38.8 Å². The number of benzene rings is 1. The number of nitrogens with one attached hydrogen (secondary N) is 1. The summed E-state index contributed by atoms with van der Waals surface area (Å²) in [4.78, 5) is 40.2. The van der Waals surface area contributed by atoms with Gasteiger partial charge in [0.2, 0.25) is 11.8 Å². The fourth-order valence-electron chi connectivity index (χ4n) is 3.13. The molecule has 1 aliphatic rings. The molecule has 0 bridgehead atoms. The molecule has 28 heavy (non-hydrogen) atoms. The van der Waals surface area contributed by atoms with Crippen LogP contribution in [0.15, 0.2) is 30.3 Å². The minimum absolute atomic E-state index is 0. The van der Waals surface area contributed by atoms with E-state index < -0.39 is 6.04 Å². The number of likely N-dealkylation sites (N-methyl/N-ethyl adjacent to an activating group) is 1. The predicted octanol–water partition coefficient (Wildman–Crippen LogP) is 1.27. The molecule has 1 heterocycles. The molecule has 0 saturated carbocycles. The van der Waals surface area contributed by atoms with Crippen LogP contribution in [0, 0.1) is 5.92 Å². The average molecular weight is 411 g/mol. The van der Waals surface area contributed by atoms with Crippen molar-refractivity contribution >= 4 is 30.1 Å². The lowest BCUT2D eigenvalue weighted by Crippen LogP contribution is -2.51. The Hall–Kier alpha value is -2.12. The van der Waals surface area contributed by atoms with Crippen LogP contribution < -0.4 is 11.1 Å². The molecule has 1 aromatic carbocycles. The van der Waals surface area contributed by atoms with E-state index in [2.05, 4.69) is 5.32 Å². The molecule has 8 heteroatoms. The lowest BCUT2D eigenvalue weighted by molar-refractivity contribution is -0.134. The van der Waals surface area contributed by atoms with Crippen LogP contribution in [-0.4, -0.2) is 66.3 Å². The Bertz CT molecular complexity index is 661. The highest BCUT2D eigenvalue weighted by molar-refractivity contribution is 5.94. The highest BCUT2D eigenvalue weighted by Crippen LogP contribution is 2.17. The largest absolute Gasteiger partial charge is 0.346 e. The quantitative estimate of drug-likeness (QED) is 0.738. The molecule has 7 nitrogen and oxygen atoms in total. The Morgan fingerprint density at radius 1 is 1.18 bits per heavy atom. The Morgan fingerprint density at radius 3 is 2.29 bits per heavy atom. The minimum atomic E-state index is -0.615. The molecule has 0 aromatic heterocycles. The molecule has 1 aliphatic heterocycles. The SMILES string of the molecule is CC(C)[C@H](N)C(=O)NCC(=O)N(C)C1CCN(C(=O)c2ccccc2)CC1.Cl. The lowest BCUT2D eigenvalue weighted by Gasteiger charge is -2.37. The van der Waals surface area contributed by atoms with E-state index in [9.17, 15) is 14.4 Å². The van der Waals surface area contributed by atoms with Crippen molar-refractivity contribution in [2.24, 2.45) is 11.7 Å². The molecular formula is C20H31ClN4O3. The first-order valence-corrected chi connectivity index (χ1v) is 9.44. The Kier molecular flexibility index (Phi) is 9.41. The van der Waals surface area contributed by atoms with Crippen molar-refractivity contribution in [1.29, 1.82) is 0 Å². The van der Waals surface area contributed by atoms with Crippen LogP contribution in [-0.2, 0) is 9.59 Å². The van der Waals surface area contributed by atoms with E-state index in [4.69, 9.17) is 5.73 Å². The molecule has 0 spiro atoms. The third kappa shape index (κ3) is 6.21. The summed E-state index contributed by atoms with van der Waals surface area (Å²) in [6.45, 7) is 4.89. The Labute approximate surface area is 173 Å². The second-order valence-corrected chi connectivity index (χ2v) is 7.38. The number of piperidine rings is 1. The van der Waals surface area contributed by atoms with E-state index in [1.54, 1.807) is 11.9 Å². The number of hydrogen-bond acceptors (Lipinski definition) is 4. The van der Waals surface area contributed by atoms with Crippen LogP contribution in [0.5, 0.6) is 0 Å². The summed E-state index contributed by atoms with van der Waals surface area (Å²) in [6, 6.07) is 8.67. The van der Waals surface area contributed by atoms with Crippen LogP contribution in [0.25, 0.3) is 0 Å². The molecule has 3 N–H and O–H groups in total. The molecule has 0 radical (unpaired) electrons. The number of hydrogen-bond donors (Lipinski definition) is 2. The maximum absolute atomic E-state index is 12.5. The van der Waals surface area contributed by atoms with Crippen molar-refractivity contribution < 1.29 is 14.4 Å². The van der Waals surface area contributed by atoms with Gasteiger partial charge in [0.25, 0.3) is 5.91 Å². The van der Waals surface area contributed by atoms with Gasteiger partial charge in [-0.2, -0.15) is 0 Å². The highest BCUT2D eigenvalue weighted by Gasteiger charge is 2.28. The van der Waals surface area contributed by atoms with E-state index in [0.717, 1.165) is 12.8 Å². The fraction of sp³-hybridized carbons (Fsp3) is 0.550. The van der Waals surface area contributed by atoms with Crippen LogP contribution in [0.3, 0.4) is 0 Å². The molecule has 1 aromatic rings. The number of nitrogens with two attached hydrogens (primary N) is 1. The van der Waals surface area contributed by atoms with Crippen LogP contribution in [0.2, 0.25) is 0 Å². The van der Waals surface area contributed by atoms with E-state index in [1.165, 1.54) is 0 Å². The first-order valence-electron chi connectivity index (χ1n) is 9.44. The van der Waals surface area contributed by atoms with Gasteiger partial charge >= 0.3 is 0 Å². The first-order chi connectivity index (χ1) is 12.8. The minimum Gasteiger partial charge on any atom is -0.346 e. The molecule has 1 atom stereocenters. The van der Waals surface area contributed by atoms with Crippen molar-refractivity contribution in [1.82, 2.24) is 15.1 Å². The summed E-state index contributed by atoms with van der Waals surface area (Å²) >= 11 is 0. The van der Waals surface area contributed by atoms with Gasteiger partial charge in [-0.15, -0.1) is 12.4 Å². The lowest BCUT2D eigenvalue weighted by atomic mass is 10.0. The fourth-order valence-corrected chi connectivity index (χ4v) is 3.13. The summed E-state index contributed by atoms with van der Waals surface area (Å²) < 4.78 is 0. The van der Waals surface area contributed by atoms with Crippen LogP contribution in [0.4, 0.5) is 0 Å². The number of nitrogens with zero attached hydrogens (tertiary/aromatic N) is 2. The van der Waals surface area contributed by atoms with Gasteiger partial charge in [-0.25, -0.2) is 0 Å². The summed E-state index contributed by atoms with van der Waals surface area (Å²) in [7, 11) is 1.75. The third-order valence-corrected chi connectivity index (χ3v) is 5.15. The molecular weight excluding hydrogens is 380 g/mol. The van der Waals surface area contributed by atoms with E-state index >= 15 is 0 Å². The van der Waals surface area contributed by atoms with E-state index in [0.29, 0.717) is 18.7 Å². The van der Waals surface area contributed by atoms with Gasteiger partial charge in [0, 0.05) is 31.7 Å². The topological polar surface area (TPSA) is 95.7 Å². The number of rotatable bonds is 6. The smallest absolute Gasteiger partial charge is 0.253 e. The monoisotopic (exact) mass is 410 g/mol. The number of halogens is 1. The zero-order chi connectivity index (χ0) is 20.0. The maximum Gasteiger partial charge on any atom is 0.253 e. The maximum atomic E-state index is 12.5. The van der Waals surface area contributed by atoms with Crippen LogP contribution >= 0.6 is 12.4 Å². The molecule has 1 fully saturated rings. The van der Waals surface area contributed by atoms with Crippen molar-refractivity contribution in [3.63, 3.8) is 0 Å². The normalized spacial score (nSPS) is 15.5. The van der Waals surface area contributed by atoms with Gasteiger partial charge in [0.15, 0.2) is 0 Å². The molecule has 3 amide bonds. The van der Waals surface area contributed by atoms with Gasteiger partial charge in [-0.1, -0.05) is 32.0 Å². The molecule has 0 unspecified atom stereocenters. The summed E-state index contributed by atoms with van der Waals surface area (Å²) in [5.41, 5.74) is 6.47. The highest BCUT2D eigenvalue weighted by atomic mass is 35.5. The van der Waals surface area contributed by atoms with Crippen molar-refractivity contribution in [2.75, 3.05) is 26.7 Å². The number of carbonyl (C=O) groups excluding carboxylic acids is 3. The third-order valence-electron chi connectivity index (χ3n) is 5.15. The van der Waals surface area contributed by atoms with Gasteiger partial charge in [-0.3, -0.25) is 14.4 Å². The van der Waals surface area contributed by atoms with Crippen molar-refractivity contribution in [3.8, 4) is 0 Å². The standard InChI is InChI=1S/C20H30N4O3.ClH/c1-14(2)18(21)19(26)22-13-17(25)23(3)16-9-11-24(12-10-16)20(27)15-7-5-4-6-8-15;/h4-8,14,16,18H,9-13,21H2,1-3H3,(H,22,26);1H/t18-;/m0./s1. The van der Waals surface area contributed by atoms with Crippen molar-refractivity contribution in [3.05, 3.63) is 35.9 Å². The summed E-state index contributed by atoms with van der Waals surface area (Å²) in [6.07, 6.45) is 1.44. The van der Waals surface area contributed by atoms with Gasteiger partial charge < -0.3 is 20.9 Å². The molecule has 1 saturated heterocycles. The molecule has 2 rings (SSSR count). The van der Waals surface area contributed by atoms with E-state index in [1.807, 2.05) is 49.1 Å². The van der Waals surface area contributed by atoms with Gasteiger partial charge in [-0.05, 0) is 30.9 Å². The van der Waals surface area contributed by atoms with Gasteiger partial charge in [0.1, 0.15) is 0 Å². The Balaban J connectivity index is 0.00000392. The van der Waals surface area contributed by atoms with Crippen LogP contribution in [0.1, 0.15) is 37.0 Å². The molecule has 0 aliphatic carbocycles. The number of carbonyl (C=O) groups is 3. The first kappa shape index (κ1) is 23.9. The average Bonchev–Trinajstić information content (AvgIpc) is 2.70. The predicted molar refractivity (Wildman–Crippen MR) is 111 cm³/mol.